The average molecular weight is 530 g/mol. The van der Waals surface area contributed by atoms with Crippen LogP contribution in [0, 0.1) is 0 Å². The number of hydrogen-bond donors (Lipinski definition) is 1. The number of sulfonamides is 1. The molecule has 10 heteroatoms. The van der Waals surface area contributed by atoms with Gasteiger partial charge in [0.1, 0.15) is 11.5 Å². The minimum atomic E-state index is -3.41. The van der Waals surface area contributed by atoms with Gasteiger partial charge in [0.15, 0.2) is 11.4 Å². The molecule has 0 aliphatic carbocycles. The number of methoxy groups -OCH3 is 1. The Balaban J connectivity index is 1.95. The molecule has 1 heterocycles. The van der Waals surface area contributed by atoms with Crippen molar-refractivity contribution >= 4 is 44.9 Å². The standard InChI is InChI=1S/C26H27NO7S2/c1-26(2,25(29)30)34-23-16-22(33-4)18(15-20(23)24-7-6-14-35-24)10-13-21(28)17-8-11-19(12-9-17)27(3)36(5,31)32/h6-16H,1-5H3,(H,29,30). The van der Waals surface area contributed by atoms with Crippen LogP contribution >= 0.6 is 11.3 Å². The summed E-state index contributed by atoms with van der Waals surface area (Å²) in [7, 11) is -0.493. The molecule has 0 aliphatic heterocycles. The van der Waals surface area contributed by atoms with Gasteiger partial charge in [-0.25, -0.2) is 13.2 Å². The molecule has 3 rings (SSSR count). The summed E-state index contributed by atoms with van der Waals surface area (Å²) in [5.41, 5.74) is 0.628. The SMILES string of the molecule is COc1cc(OC(C)(C)C(=O)O)c(-c2cccs2)cc1C=CC(=O)c1ccc(N(C)S(C)(=O)=O)cc1. The van der Waals surface area contributed by atoms with Crippen molar-refractivity contribution in [2.24, 2.45) is 0 Å². The summed E-state index contributed by atoms with van der Waals surface area (Å²) in [5.74, 6) is -0.644. The third-order valence-corrected chi connectivity index (χ3v) is 7.53. The van der Waals surface area contributed by atoms with E-state index in [-0.39, 0.29) is 5.78 Å². The average Bonchev–Trinajstić information content (AvgIpc) is 3.36. The van der Waals surface area contributed by atoms with Gasteiger partial charge in [-0.1, -0.05) is 6.07 Å². The summed E-state index contributed by atoms with van der Waals surface area (Å²) in [4.78, 5) is 25.3. The molecule has 36 heavy (non-hydrogen) atoms. The van der Waals surface area contributed by atoms with Gasteiger partial charge in [-0.3, -0.25) is 9.10 Å². The minimum Gasteiger partial charge on any atom is -0.496 e. The number of benzene rings is 2. The summed E-state index contributed by atoms with van der Waals surface area (Å²) in [6.07, 6.45) is 4.11. The van der Waals surface area contributed by atoms with Crippen LogP contribution in [-0.4, -0.2) is 51.3 Å². The largest absolute Gasteiger partial charge is 0.496 e. The molecular weight excluding hydrogens is 502 g/mol. The lowest BCUT2D eigenvalue weighted by Gasteiger charge is -2.24. The minimum absolute atomic E-state index is 0.282. The van der Waals surface area contributed by atoms with E-state index in [4.69, 9.17) is 9.47 Å². The third kappa shape index (κ3) is 6.13. The smallest absolute Gasteiger partial charge is 0.347 e. The van der Waals surface area contributed by atoms with E-state index < -0.39 is 21.6 Å². The van der Waals surface area contributed by atoms with Gasteiger partial charge in [0.2, 0.25) is 10.0 Å². The van der Waals surface area contributed by atoms with Crippen molar-refractivity contribution in [3.05, 3.63) is 71.1 Å². The molecule has 0 atom stereocenters. The zero-order valence-corrected chi connectivity index (χ0v) is 22.1. The summed E-state index contributed by atoms with van der Waals surface area (Å²) in [6.45, 7) is 2.93. The number of carbonyl (C=O) groups excluding carboxylic acids is 1. The number of carboxylic acids is 1. The van der Waals surface area contributed by atoms with Crippen LogP contribution in [0.3, 0.4) is 0 Å². The first-order chi connectivity index (χ1) is 16.8. The Morgan fingerprint density at radius 2 is 1.75 bits per heavy atom. The zero-order chi connectivity index (χ0) is 26.7. The molecule has 0 bridgehead atoms. The van der Waals surface area contributed by atoms with Crippen LogP contribution in [-0.2, 0) is 14.8 Å². The molecule has 2 aromatic carbocycles. The van der Waals surface area contributed by atoms with Crippen LogP contribution in [0.15, 0.2) is 60.0 Å². The monoisotopic (exact) mass is 529 g/mol. The second-order valence-corrected chi connectivity index (χ2v) is 11.4. The van der Waals surface area contributed by atoms with Crippen molar-refractivity contribution in [3.63, 3.8) is 0 Å². The number of nitrogens with zero attached hydrogens (tertiary/aromatic N) is 1. The van der Waals surface area contributed by atoms with Crippen LogP contribution in [0.1, 0.15) is 29.8 Å². The van der Waals surface area contributed by atoms with Crippen molar-refractivity contribution in [1.29, 1.82) is 0 Å². The van der Waals surface area contributed by atoms with Crippen LogP contribution in [0.4, 0.5) is 5.69 Å². The van der Waals surface area contributed by atoms with E-state index in [1.807, 2.05) is 17.5 Å². The van der Waals surface area contributed by atoms with Gasteiger partial charge < -0.3 is 14.6 Å². The van der Waals surface area contributed by atoms with Gasteiger partial charge in [0, 0.05) is 34.7 Å². The molecule has 0 unspecified atom stereocenters. The predicted molar refractivity (Wildman–Crippen MR) is 142 cm³/mol. The number of carboxylic acid groups (broad SMARTS) is 1. The lowest BCUT2D eigenvalue weighted by Crippen LogP contribution is -2.38. The number of ether oxygens (including phenoxy) is 2. The van der Waals surface area contributed by atoms with Crippen molar-refractivity contribution in [1.82, 2.24) is 0 Å². The maximum absolute atomic E-state index is 12.8. The first-order valence-electron chi connectivity index (χ1n) is 10.8. The number of rotatable bonds is 10. The Labute approximate surface area is 214 Å². The molecule has 0 radical (unpaired) electrons. The molecule has 3 aromatic rings. The highest BCUT2D eigenvalue weighted by Crippen LogP contribution is 2.40. The fraction of sp³-hybridized carbons (Fsp3) is 0.231. The number of thiophene rings is 1. The number of ketones is 1. The van der Waals surface area contributed by atoms with Gasteiger partial charge in [-0.2, -0.15) is 0 Å². The molecule has 0 amide bonds. The highest BCUT2D eigenvalue weighted by atomic mass is 32.2. The van der Waals surface area contributed by atoms with Gasteiger partial charge in [0.05, 0.1) is 19.1 Å². The Hall–Kier alpha value is -3.63. The normalized spacial score (nSPS) is 11.9. The second-order valence-electron chi connectivity index (χ2n) is 8.46. The van der Waals surface area contributed by atoms with E-state index in [0.29, 0.717) is 33.9 Å². The maximum Gasteiger partial charge on any atom is 0.347 e. The summed E-state index contributed by atoms with van der Waals surface area (Å²) in [6, 6.07) is 13.4. The van der Waals surface area contributed by atoms with E-state index in [1.165, 1.54) is 45.4 Å². The van der Waals surface area contributed by atoms with Crippen LogP contribution < -0.4 is 13.8 Å². The quantitative estimate of drug-likeness (QED) is 0.292. The third-order valence-electron chi connectivity index (χ3n) is 5.43. The molecule has 0 saturated carbocycles. The number of anilines is 1. The van der Waals surface area contributed by atoms with E-state index >= 15 is 0 Å². The van der Waals surface area contributed by atoms with E-state index in [0.717, 1.165) is 15.4 Å². The van der Waals surface area contributed by atoms with Crippen molar-refractivity contribution in [2.45, 2.75) is 19.4 Å². The first kappa shape index (κ1) is 27.0. The number of allylic oxidation sites excluding steroid dienone is 1. The lowest BCUT2D eigenvalue weighted by atomic mass is 10.0. The van der Waals surface area contributed by atoms with Crippen LogP contribution in [0.5, 0.6) is 11.5 Å². The van der Waals surface area contributed by atoms with Gasteiger partial charge in [-0.15, -0.1) is 11.3 Å². The zero-order valence-electron chi connectivity index (χ0n) is 20.5. The second kappa shape index (κ2) is 10.5. The number of carbonyl (C=O) groups is 2. The molecule has 8 nitrogen and oxygen atoms in total. The fourth-order valence-electron chi connectivity index (χ4n) is 3.20. The molecule has 1 aromatic heterocycles. The summed E-state index contributed by atoms with van der Waals surface area (Å²) < 4.78 is 35.9. The van der Waals surface area contributed by atoms with Gasteiger partial charge in [0.25, 0.3) is 0 Å². The highest BCUT2D eigenvalue weighted by Gasteiger charge is 2.31. The predicted octanol–water partition coefficient (Wildman–Crippen LogP) is 4.96. The molecule has 0 spiro atoms. The van der Waals surface area contributed by atoms with Crippen molar-refractivity contribution in [2.75, 3.05) is 24.7 Å². The van der Waals surface area contributed by atoms with Crippen LogP contribution in [0.2, 0.25) is 0 Å². The lowest BCUT2D eigenvalue weighted by molar-refractivity contribution is -0.152. The maximum atomic E-state index is 12.8. The van der Waals surface area contributed by atoms with E-state index in [9.17, 15) is 23.1 Å². The number of hydrogen-bond acceptors (Lipinski definition) is 7. The van der Waals surface area contributed by atoms with Crippen molar-refractivity contribution in [3.8, 4) is 21.9 Å². The Morgan fingerprint density at radius 3 is 2.28 bits per heavy atom. The van der Waals surface area contributed by atoms with E-state index in [1.54, 1.807) is 42.5 Å². The van der Waals surface area contributed by atoms with E-state index in [2.05, 4.69) is 0 Å². The first-order valence-corrected chi connectivity index (χ1v) is 13.5. The Kier molecular flexibility index (Phi) is 7.90. The molecule has 0 fully saturated rings. The Bertz CT molecular complexity index is 1390. The summed E-state index contributed by atoms with van der Waals surface area (Å²) >= 11 is 1.47. The van der Waals surface area contributed by atoms with Crippen LogP contribution in [0.25, 0.3) is 16.5 Å². The Morgan fingerprint density at radius 1 is 1.08 bits per heavy atom. The van der Waals surface area contributed by atoms with Crippen molar-refractivity contribution < 1.29 is 32.6 Å². The topological polar surface area (TPSA) is 110 Å². The fourth-order valence-corrected chi connectivity index (χ4v) is 4.45. The number of aliphatic carboxylic acids is 1. The molecule has 190 valence electrons. The summed E-state index contributed by atoms with van der Waals surface area (Å²) in [5, 5.41) is 11.4. The molecule has 0 aliphatic rings. The molecule has 1 N–H and O–H groups in total. The molecular formula is C26H27NO7S2. The van der Waals surface area contributed by atoms with Gasteiger partial charge in [-0.05, 0) is 67.8 Å². The molecule has 0 saturated heterocycles. The van der Waals surface area contributed by atoms with Gasteiger partial charge >= 0.3 is 5.97 Å². The highest BCUT2D eigenvalue weighted by molar-refractivity contribution is 7.92.